The van der Waals surface area contributed by atoms with E-state index < -0.39 is 0 Å². The Morgan fingerprint density at radius 2 is 1.78 bits per heavy atom. The van der Waals surface area contributed by atoms with Crippen molar-refractivity contribution >= 4 is 17.5 Å². The Labute approximate surface area is 158 Å². The Bertz CT molecular complexity index is 917. The van der Waals surface area contributed by atoms with Crippen molar-refractivity contribution in [2.45, 2.75) is 19.4 Å². The van der Waals surface area contributed by atoms with Crippen LogP contribution in [0.4, 0.5) is 5.69 Å². The number of rotatable bonds is 6. The minimum absolute atomic E-state index is 0.0980. The molecule has 6 nitrogen and oxygen atoms in total. The van der Waals surface area contributed by atoms with E-state index in [1.807, 2.05) is 60.3 Å². The molecule has 0 aliphatic carbocycles. The monoisotopic (exact) mass is 362 g/mol. The maximum absolute atomic E-state index is 12.6. The van der Waals surface area contributed by atoms with Crippen molar-refractivity contribution in [2.75, 3.05) is 5.32 Å². The highest BCUT2D eigenvalue weighted by Crippen LogP contribution is 2.20. The summed E-state index contributed by atoms with van der Waals surface area (Å²) in [5.41, 5.74) is 2.55. The summed E-state index contributed by atoms with van der Waals surface area (Å²) < 4.78 is 1.90. The lowest BCUT2D eigenvalue weighted by atomic mass is 10.1. The van der Waals surface area contributed by atoms with Gasteiger partial charge in [0, 0.05) is 32.1 Å². The number of benzene rings is 2. The molecule has 0 radical (unpaired) electrons. The number of amides is 2. The Morgan fingerprint density at radius 3 is 2.37 bits per heavy atom. The van der Waals surface area contributed by atoms with Gasteiger partial charge in [-0.3, -0.25) is 9.59 Å². The van der Waals surface area contributed by atoms with Crippen LogP contribution in [0.2, 0.25) is 0 Å². The third-order valence-corrected chi connectivity index (χ3v) is 4.19. The normalized spacial score (nSPS) is 11.6. The van der Waals surface area contributed by atoms with Gasteiger partial charge in [0.15, 0.2) is 0 Å². The van der Waals surface area contributed by atoms with Gasteiger partial charge in [0.1, 0.15) is 11.9 Å². The molecule has 3 aromatic rings. The number of aromatic nitrogens is 2. The van der Waals surface area contributed by atoms with E-state index in [4.69, 9.17) is 0 Å². The van der Waals surface area contributed by atoms with Crippen LogP contribution in [0, 0.1) is 0 Å². The largest absolute Gasteiger partial charge is 0.342 e. The summed E-state index contributed by atoms with van der Waals surface area (Å²) in [5, 5.41) is 5.79. The van der Waals surface area contributed by atoms with Gasteiger partial charge in [0.25, 0.3) is 0 Å². The average Bonchev–Trinajstić information content (AvgIpc) is 3.07. The van der Waals surface area contributed by atoms with Gasteiger partial charge in [0.2, 0.25) is 11.8 Å². The van der Waals surface area contributed by atoms with E-state index in [-0.39, 0.29) is 24.3 Å². The second-order valence-electron chi connectivity index (χ2n) is 6.36. The molecule has 3 rings (SSSR count). The lowest BCUT2D eigenvalue weighted by Gasteiger charge is -2.19. The molecule has 27 heavy (non-hydrogen) atoms. The van der Waals surface area contributed by atoms with E-state index in [9.17, 15) is 9.59 Å². The summed E-state index contributed by atoms with van der Waals surface area (Å²) in [6.07, 6.45) is 3.82. The molecule has 0 fully saturated rings. The summed E-state index contributed by atoms with van der Waals surface area (Å²) in [5.74, 6) is 0.552. The van der Waals surface area contributed by atoms with Crippen LogP contribution in [0.15, 0.2) is 67.0 Å². The van der Waals surface area contributed by atoms with Crippen LogP contribution >= 0.6 is 0 Å². The van der Waals surface area contributed by atoms with Crippen molar-refractivity contribution in [2.24, 2.45) is 7.05 Å². The van der Waals surface area contributed by atoms with E-state index >= 15 is 0 Å². The van der Waals surface area contributed by atoms with Crippen molar-refractivity contribution in [1.82, 2.24) is 14.9 Å². The molecule has 2 amide bonds. The summed E-state index contributed by atoms with van der Waals surface area (Å²) in [6, 6.07) is 16.7. The molecule has 6 heteroatoms. The van der Waals surface area contributed by atoms with Crippen LogP contribution in [-0.2, 0) is 23.1 Å². The van der Waals surface area contributed by atoms with Gasteiger partial charge >= 0.3 is 0 Å². The van der Waals surface area contributed by atoms with Gasteiger partial charge in [0.05, 0.1) is 6.42 Å². The molecule has 1 unspecified atom stereocenters. The minimum atomic E-state index is -0.322. The fourth-order valence-electron chi connectivity index (χ4n) is 2.90. The number of hydrogen-bond acceptors (Lipinski definition) is 3. The lowest BCUT2D eigenvalue weighted by molar-refractivity contribution is -0.121. The van der Waals surface area contributed by atoms with Gasteiger partial charge in [-0.1, -0.05) is 42.5 Å². The molecule has 138 valence electrons. The zero-order valence-corrected chi connectivity index (χ0v) is 15.3. The molecule has 2 N–H and O–H groups in total. The van der Waals surface area contributed by atoms with Crippen LogP contribution in [0.5, 0.6) is 0 Å². The predicted molar refractivity (Wildman–Crippen MR) is 104 cm³/mol. The first-order chi connectivity index (χ1) is 13.0. The Hall–Kier alpha value is -3.41. The summed E-state index contributed by atoms with van der Waals surface area (Å²) >= 11 is 0. The fourth-order valence-corrected chi connectivity index (χ4v) is 2.90. The number of hydrogen-bond donors (Lipinski definition) is 2. The predicted octanol–water partition coefficient (Wildman–Crippen LogP) is 2.83. The van der Waals surface area contributed by atoms with Gasteiger partial charge in [-0.05, 0) is 23.3 Å². The van der Waals surface area contributed by atoms with Gasteiger partial charge in [-0.15, -0.1) is 0 Å². The van der Waals surface area contributed by atoms with E-state index in [0.29, 0.717) is 5.69 Å². The van der Waals surface area contributed by atoms with Crippen molar-refractivity contribution < 1.29 is 9.59 Å². The highest BCUT2D eigenvalue weighted by Gasteiger charge is 2.20. The number of aryl methyl sites for hydroxylation is 1. The van der Waals surface area contributed by atoms with Gasteiger partial charge in [-0.2, -0.15) is 0 Å². The molecule has 0 spiro atoms. The number of anilines is 1. The topological polar surface area (TPSA) is 76.0 Å². The van der Waals surface area contributed by atoms with Crippen LogP contribution in [0.25, 0.3) is 0 Å². The summed E-state index contributed by atoms with van der Waals surface area (Å²) in [4.78, 5) is 28.1. The molecule has 0 aliphatic heterocycles. The number of nitrogens with zero attached hydrogens (tertiary/aromatic N) is 2. The van der Waals surface area contributed by atoms with Gasteiger partial charge in [-0.25, -0.2) is 4.98 Å². The number of carbonyl (C=O) groups is 2. The number of imidazole rings is 1. The molecule has 2 aromatic carbocycles. The lowest BCUT2D eigenvalue weighted by Crippen LogP contribution is -2.32. The molecular formula is C21H22N4O2. The maximum atomic E-state index is 12.6. The van der Waals surface area contributed by atoms with Crippen LogP contribution in [0.3, 0.4) is 0 Å². The number of carbonyl (C=O) groups excluding carboxylic acids is 2. The van der Waals surface area contributed by atoms with E-state index in [1.54, 1.807) is 18.3 Å². The van der Waals surface area contributed by atoms with Crippen LogP contribution < -0.4 is 10.6 Å². The molecule has 0 saturated carbocycles. The number of nitrogens with one attached hydrogen (secondary N) is 2. The Morgan fingerprint density at radius 1 is 1.07 bits per heavy atom. The second kappa shape index (κ2) is 8.31. The zero-order valence-electron chi connectivity index (χ0n) is 15.3. The molecule has 1 atom stereocenters. The molecular weight excluding hydrogens is 340 g/mol. The third-order valence-electron chi connectivity index (χ3n) is 4.19. The SMILES string of the molecule is CC(=O)Nc1ccc(CC(=O)NC(c2ccccc2)c2nccn2C)cc1. The van der Waals surface area contributed by atoms with Crippen LogP contribution in [0.1, 0.15) is 29.9 Å². The molecule has 1 aromatic heterocycles. The zero-order chi connectivity index (χ0) is 19.2. The standard InChI is InChI=1S/C21H22N4O2/c1-15(26)23-18-10-8-16(9-11-18)14-19(27)24-20(17-6-4-3-5-7-17)21-22-12-13-25(21)2/h3-13,20H,14H2,1-2H3,(H,23,26)(H,24,27). The second-order valence-corrected chi connectivity index (χ2v) is 6.36. The highest BCUT2D eigenvalue weighted by molar-refractivity contribution is 5.88. The van der Waals surface area contributed by atoms with Gasteiger partial charge < -0.3 is 15.2 Å². The Balaban J connectivity index is 1.73. The fraction of sp³-hybridized carbons (Fsp3) is 0.190. The quantitative estimate of drug-likeness (QED) is 0.708. The molecule has 1 heterocycles. The first-order valence-electron chi connectivity index (χ1n) is 8.71. The van der Waals surface area contributed by atoms with Crippen molar-refractivity contribution in [3.63, 3.8) is 0 Å². The molecule has 0 bridgehead atoms. The molecule has 0 aliphatic rings. The first-order valence-corrected chi connectivity index (χ1v) is 8.71. The highest BCUT2D eigenvalue weighted by atomic mass is 16.2. The molecule has 0 saturated heterocycles. The average molecular weight is 362 g/mol. The smallest absolute Gasteiger partial charge is 0.225 e. The van der Waals surface area contributed by atoms with Crippen molar-refractivity contribution in [3.8, 4) is 0 Å². The Kier molecular flexibility index (Phi) is 5.66. The minimum Gasteiger partial charge on any atom is -0.342 e. The summed E-state index contributed by atoms with van der Waals surface area (Å²) in [6.45, 7) is 1.46. The van der Waals surface area contributed by atoms with Crippen LogP contribution in [-0.4, -0.2) is 21.4 Å². The van der Waals surface area contributed by atoms with E-state index in [0.717, 1.165) is 17.0 Å². The van der Waals surface area contributed by atoms with Crippen molar-refractivity contribution in [3.05, 3.63) is 83.9 Å². The van der Waals surface area contributed by atoms with E-state index in [1.165, 1.54) is 6.92 Å². The summed E-state index contributed by atoms with van der Waals surface area (Å²) in [7, 11) is 1.91. The first kappa shape index (κ1) is 18.4. The van der Waals surface area contributed by atoms with E-state index in [2.05, 4.69) is 15.6 Å². The maximum Gasteiger partial charge on any atom is 0.225 e. The van der Waals surface area contributed by atoms with Crippen molar-refractivity contribution in [1.29, 1.82) is 0 Å². The third kappa shape index (κ3) is 4.82.